The first-order chi connectivity index (χ1) is 12.4. The normalized spacial score (nSPS) is 24.6. The number of piperidine rings is 1. The summed E-state index contributed by atoms with van der Waals surface area (Å²) in [5.41, 5.74) is 1.25. The minimum absolute atomic E-state index is 0.843. The molecule has 0 amide bonds. The molecule has 6 heteroatoms. The van der Waals surface area contributed by atoms with Gasteiger partial charge in [0.2, 0.25) is 5.95 Å². The first kappa shape index (κ1) is 17.6. The van der Waals surface area contributed by atoms with Crippen LogP contribution < -0.4 is 4.90 Å². The van der Waals surface area contributed by atoms with Gasteiger partial charge in [0.25, 0.3) is 0 Å². The van der Waals surface area contributed by atoms with Crippen molar-refractivity contribution in [3.8, 4) is 0 Å². The van der Waals surface area contributed by atoms with Crippen LogP contribution in [-0.2, 0) is 6.54 Å². The molecule has 3 aliphatic rings. The van der Waals surface area contributed by atoms with Gasteiger partial charge in [-0.1, -0.05) is 0 Å². The minimum Gasteiger partial charge on any atom is -0.341 e. The third kappa shape index (κ3) is 4.66. The summed E-state index contributed by atoms with van der Waals surface area (Å²) in [5.74, 6) is 3.63. The predicted molar refractivity (Wildman–Crippen MR) is 105 cm³/mol. The second-order valence-corrected chi connectivity index (χ2v) is 8.82. The monoisotopic (exact) mass is 361 g/mol. The van der Waals surface area contributed by atoms with Crippen LogP contribution in [0.2, 0.25) is 0 Å². The number of nitrogens with zero attached hydrogens (tertiary/aromatic N) is 5. The van der Waals surface area contributed by atoms with Crippen molar-refractivity contribution in [2.45, 2.75) is 44.7 Å². The Kier molecular flexibility index (Phi) is 6.10. The van der Waals surface area contributed by atoms with Crippen LogP contribution in [0.1, 0.15) is 37.7 Å². The number of piperazine rings is 1. The number of hydrogen-bond acceptors (Lipinski definition) is 6. The number of hydrogen-bond donors (Lipinski definition) is 0. The topological polar surface area (TPSA) is 35.5 Å². The van der Waals surface area contributed by atoms with E-state index in [0.29, 0.717) is 0 Å². The Bertz CT molecular complexity index is 517. The molecule has 4 heterocycles. The van der Waals surface area contributed by atoms with Gasteiger partial charge in [-0.2, -0.15) is 11.8 Å². The van der Waals surface area contributed by atoms with E-state index < -0.39 is 0 Å². The highest BCUT2D eigenvalue weighted by atomic mass is 32.2. The molecule has 0 aromatic carbocycles. The summed E-state index contributed by atoms with van der Waals surface area (Å²) in [6, 6.07) is 0.843. The van der Waals surface area contributed by atoms with Crippen LogP contribution in [0.3, 0.4) is 0 Å². The van der Waals surface area contributed by atoms with Crippen molar-refractivity contribution in [1.29, 1.82) is 0 Å². The lowest BCUT2D eigenvalue weighted by molar-refractivity contribution is 0.0878. The summed E-state index contributed by atoms with van der Waals surface area (Å²) in [6.07, 6.45) is 10.8. The summed E-state index contributed by atoms with van der Waals surface area (Å²) in [5, 5.41) is 0. The Morgan fingerprint density at radius 1 is 0.880 bits per heavy atom. The molecule has 3 fully saturated rings. The van der Waals surface area contributed by atoms with Crippen molar-refractivity contribution < 1.29 is 0 Å². The lowest BCUT2D eigenvalue weighted by Gasteiger charge is -2.40. The molecule has 4 rings (SSSR count). The minimum atomic E-state index is 0.843. The molecular weight excluding hydrogens is 330 g/mol. The average molecular weight is 362 g/mol. The third-order valence-corrected chi connectivity index (χ3v) is 6.90. The molecule has 1 aromatic heterocycles. The van der Waals surface area contributed by atoms with E-state index in [4.69, 9.17) is 0 Å². The molecule has 3 saturated heterocycles. The van der Waals surface area contributed by atoms with Gasteiger partial charge in [0.15, 0.2) is 0 Å². The highest BCUT2D eigenvalue weighted by molar-refractivity contribution is 7.99. The third-order valence-electron chi connectivity index (χ3n) is 5.85. The van der Waals surface area contributed by atoms with Crippen LogP contribution in [0.25, 0.3) is 0 Å². The van der Waals surface area contributed by atoms with Gasteiger partial charge in [-0.3, -0.25) is 9.80 Å². The maximum absolute atomic E-state index is 4.63. The van der Waals surface area contributed by atoms with Gasteiger partial charge in [-0.05, 0) is 43.6 Å². The Labute approximate surface area is 156 Å². The van der Waals surface area contributed by atoms with Crippen molar-refractivity contribution in [3.63, 3.8) is 0 Å². The molecular formula is C19H31N5S. The SMILES string of the molecule is c1nc(N2CCCCC2)ncc1CN1CCN(C2CCSCC2)CC1. The fourth-order valence-corrected chi connectivity index (χ4v) is 5.36. The maximum Gasteiger partial charge on any atom is 0.225 e. The molecule has 5 nitrogen and oxygen atoms in total. The number of anilines is 1. The lowest BCUT2D eigenvalue weighted by atomic mass is 10.1. The summed E-state index contributed by atoms with van der Waals surface area (Å²) >= 11 is 2.12. The average Bonchev–Trinajstić information content (AvgIpc) is 2.71. The number of thioether (sulfide) groups is 1. The van der Waals surface area contributed by atoms with Crippen LogP contribution in [0.4, 0.5) is 5.95 Å². The quantitative estimate of drug-likeness (QED) is 0.820. The summed E-state index contributed by atoms with van der Waals surface area (Å²) in [6.45, 7) is 8.02. The number of rotatable bonds is 4. The van der Waals surface area contributed by atoms with E-state index in [-0.39, 0.29) is 0 Å². The Balaban J connectivity index is 1.25. The molecule has 0 unspecified atom stereocenters. The van der Waals surface area contributed by atoms with Crippen molar-refractivity contribution in [1.82, 2.24) is 19.8 Å². The Hall–Kier alpha value is -0.850. The van der Waals surface area contributed by atoms with Crippen LogP contribution in [0.15, 0.2) is 12.4 Å². The van der Waals surface area contributed by atoms with E-state index in [2.05, 4.69) is 36.4 Å². The zero-order valence-electron chi connectivity index (χ0n) is 15.3. The van der Waals surface area contributed by atoms with Crippen LogP contribution >= 0.6 is 11.8 Å². The molecule has 1 aromatic rings. The zero-order valence-corrected chi connectivity index (χ0v) is 16.1. The smallest absolute Gasteiger partial charge is 0.225 e. The summed E-state index contributed by atoms with van der Waals surface area (Å²) in [7, 11) is 0. The lowest BCUT2D eigenvalue weighted by Crippen LogP contribution is -2.50. The van der Waals surface area contributed by atoms with Gasteiger partial charge in [-0.25, -0.2) is 9.97 Å². The molecule has 138 valence electrons. The van der Waals surface area contributed by atoms with Crippen molar-refractivity contribution in [3.05, 3.63) is 18.0 Å². The Morgan fingerprint density at radius 3 is 2.24 bits per heavy atom. The van der Waals surface area contributed by atoms with Crippen molar-refractivity contribution in [2.24, 2.45) is 0 Å². The molecule has 0 bridgehead atoms. The van der Waals surface area contributed by atoms with E-state index in [9.17, 15) is 0 Å². The van der Waals surface area contributed by atoms with Crippen LogP contribution in [-0.4, -0.2) is 76.6 Å². The molecule has 0 N–H and O–H groups in total. The largest absolute Gasteiger partial charge is 0.341 e. The van der Waals surface area contributed by atoms with E-state index in [1.807, 2.05) is 12.4 Å². The van der Waals surface area contributed by atoms with Gasteiger partial charge in [-0.15, -0.1) is 0 Å². The maximum atomic E-state index is 4.63. The molecule has 0 radical (unpaired) electrons. The highest BCUT2D eigenvalue weighted by Crippen LogP contribution is 2.23. The molecule has 3 aliphatic heterocycles. The van der Waals surface area contributed by atoms with Crippen LogP contribution in [0, 0.1) is 0 Å². The zero-order chi connectivity index (χ0) is 16.9. The first-order valence-electron chi connectivity index (χ1n) is 9.98. The van der Waals surface area contributed by atoms with Gasteiger partial charge >= 0.3 is 0 Å². The van der Waals surface area contributed by atoms with Gasteiger partial charge in [0, 0.05) is 69.8 Å². The molecule has 0 spiro atoms. The van der Waals surface area contributed by atoms with Gasteiger partial charge in [0.1, 0.15) is 0 Å². The molecule has 0 aliphatic carbocycles. The molecule has 0 saturated carbocycles. The van der Waals surface area contributed by atoms with E-state index in [1.54, 1.807) is 0 Å². The first-order valence-corrected chi connectivity index (χ1v) is 11.1. The van der Waals surface area contributed by atoms with E-state index >= 15 is 0 Å². The number of aromatic nitrogens is 2. The fourth-order valence-electron chi connectivity index (χ4n) is 4.28. The van der Waals surface area contributed by atoms with E-state index in [0.717, 1.165) is 31.6 Å². The van der Waals surface area contributed by atoms with Gasteiger partial charge in [0.05, 0.1) is 0 Å². The Morgan fingerprint density at radius 2 is 1.56 bits per heavy atom. The predicted octanol–water partition coefficient (Wildman–Crippen LogP) is 2.48. The molecule has 25 heavy (non-hydrogen) atoms. The van der Waals surface area contributed by atoms with Crippen molar-refractivity contribution >= 4 is 17.7 Å². The summed E-state index contributed by atoms with van der Waals surface area (Å²) in [4.78, 5) is 16.9. The van der Waals surface area contributed by atoms with Gasteiger partial charge < -0.3 is 4.90 Å². The van der Waals surface area contributed by atoms with Crippen molar-refractivity contribution in [2.75, 3.05) is 55.7 Å². The summed E-state index contributed by atoms with van der Waals surface area (Å²) < 4.78 is 0. The highest BCUT2D eigenvalue weighted by Gasteiger charge is 2.25. The second kappa shape index (κ2) is 8.69. The standard InChI is InChI=1S/C19H31N5S/c1-2-6-24(7-3-1)19-20-14-17(15-21-19)16-22-8-10-23(11-9-22)18-4-12-25-13-5-18/h14-15,18H,1-13,16H2. The second-order valence-electron chi connectivity index (χ2n) is 7.59. The molecule has 0 atom stereocenters. The van der Waals surface area contributed by atoms with E-state index in [1.165, 1.54) is 75.4 Å². The van der Waals surface area contributed by atoms with Crippen LogP contribution in [0.5, 0.6) is 0 Å². The fraction of sp³-hybridized carbons (Fsp3) is 0.789.